The topological polar surface area (TPSA) is 76.9 Å². The Hall–Kier alpha value is -2.93. The molecule has 3 rings (SSSR count). The van der Waals surface area contributed by atoms with Crippen LogP contribution in [0.15, 0.2) is 59.8 Å². The summed E-state index contributed by atoms with van der Waals surface area (Å²) in [5.74, 6) is 1.59. The van der Waals surface area contributed by atoms with Crippen LogP contribution in [0.1, 0.15) is 42.5 Å². The quantitative estimate of drug-likeness (QED) is 0.382. The Balaban J connectivity index is 1.72. The molecule has 2 aromatic carbocycles. The van der Waals surface area contributed by atoms with Crippen molar-refractivity contribution in [3.05, 3.63) is 71.5 Å². The summed E-state index contributed by atoms with van der Waals surface area (Å²) in [6.07, 6.45) is 1.55. The van der Waals surface area contributed by atoms with E-state index in [1.54, 1.807) is 0 Å². The molecule has 7 heteroatoms. The molecule has 0 aliphatic rings. The van der Waals surface area contributed by atoms with Crippen molar-refractivity contribution in [3.8, 4) is 5.69 Å². The molecule has 1 aromatic heterocycles. The summed E-state index contributed by atoms with van der Waals surface area (Å²) in [6, 6.07) is 17.7. The highest BCUT2D eigenvalue weighted by Crippen LogP contribution is 2.23. The van der Waals surface area contributed by atoms with Gasteiger partial charge in [0.2, 0.25) is 5.91 Å². The number of carbonyl (C=O) groups excluding carboxylic acids is 2. The predicted octanol–water partition coefficient (Wildman–Crippen LogP) is 4.12. The van der Waals surface area contributed by atoms with Crippen molar-refractivity contribution in [1.29, 1.82) is 0 Å². The summed E-state index contributed by atoms with van der Waals surface area (Å²) < 4.78 is 1.95. The molecule has 31 heavy (non-hydrogen) atoms. The van der Waals surface area contributed by atoms with Crippen LogP contribution >= 0.6 is 11.8 Å². The number of thioether (sulfide) groups is 1. The van der Waals surface area contributed by atoms with Crippen molar-refractivity contribution >= 4 is 23.5 Å². The van der Waals surface area contributed by atoms with Gasteiger partial charge in [0.1, 0.15) is 5.82 Å². The van der Waals surface area contributed by atoms with E-state index >= 15 is 0 Å². The Morgan fingerprint density at radius 3 is 2.39 bits per heavy atom. The van der Waals surface area contributed by atoms with Gasteiger partial charge >= 0.3 is 0 Å². The van der Waals surface area contributed by atoms with Crippen LogP contribution in [0.3, 0.4) is 0 Å². The number of ketones is 1. The molecule has 6 nitrogen and oxygen atoms in total. The largest absolute Gasteiger partial charge is 0.356 e. The zero-order valence-electron chi connectivity index (χ0n) is 18.2. The molecule has 0 atom stereocenters. The average Bonchev–Trinajstić information content (AvgIpc) is 3.15. The summed E-state index contributed by atoms with van der Waals surface area (Å²) >= 11 is 1.37. The van der Waals surface area contributed by atoms with E-state index in [2.05, 4.69) is 29.4 Å². The van der Waals surface area contributed by atoms with Crippen molar-refractivity contribution < 1.29 is 9.59 Å². The highest BCUT2D eigenvalue weighted by Gasteiger charge is 2.16. The van der Waals surface area contributed by atoms with Crippen LogP contribution in [0.2, 0.25) is 0 Å². The molecule has 0 saturated carbocycles. The van der Waals surface area contributed by atoms with Gasteiger partial charge in [-0.3, -0.25) is 14.2 Å². The standard InChI is InChI=1S/C24H28N4O2S/c1-17(2)15-19-9-11-20(12-10-19)22(30)16-31-24-27-26-23(13-14-25-18(3)29)28(24)21-7-5-4-6-8-21/h4-12,17H,13-16H2,1-3H3,(H,25,29). The van der Waals surface area contributed by atoms with Crippen LogP contribution in [0.4, 0.5) is 0 Å². The second-order valence-corrected chi connectivity index (χ2v) is 8.75. The van der Waals surface area contributed by atoms with Crippen LogP contribution < -0.4 is 5.32 Å². The maximum absolute atomic E-state index is 12.7. The molecule has 0 unspecified atom stereocenters. The van der Waals surface area contributed by atoms with Gasteiger partial charge in [-0.1, -0.05) is 68.1 Å². The van der Waals surface area contributed by atoms with Gasteiger partial charge in [0.15, 0.2) is 10.9 Å². The van der Waals surface area contributed by atoms with Gasteiger partial charge in [0.25, 0.3) is 0 Å². The number of nitrogens with one attached hydrogen (secondary N) is 1. The maximum Gasteiger partial charge on any atom is 0.216 e. The fourth-order valence-electron chi connectivity index (χ4n) is 3.25. The maximum atomic E-state index is 12.7. The SMILES string of the molecule is CC(=O)NCCc1nnc(SCC(=O)c2ccc(CC(C)C)cc2)n1-c1ccccc1. The van der Waals surface area contributed by atoms with Crippen LogP contribution in [0.25, 0.3) is 5.69 Å². The molecule has 3 aromatic rings. The van der Waals surface area contributed by atoms with E-state index < -0.39 is 0 Å². The van der Waals surface area contributed by atoms with E-state index in [0.29, 0.717) is 29.6 Å². The molecule has 0 spiro atoms. The minimum Gasteiger partial charge on any atom is -0.356 e. The Morgan fingerprint density at radius 1 is 1.03 bits per heavy atom. The lowest BCUT2D eigenvalue weighted by molar-refractivity contribution is -0.118. The molecule has 0 bridgehead atoms. The van der Waals surface area contributed by atoms with Gasteiger partial charge in [0, 0.05) is 31.1 Å². The number of hydrogen-bond donors (Lipinski definition) is 1. The van der Waals surface area contributed by atoms with Crippen LogP contribution in [-0.2, 0) is 17.6 Å². The molecule has 1 heterocycles. The van der Waals surface area contributed by atoms with Crippen LogP contribution in [0, 0.1) is 5.92 Å². The lowest BCUT2D eigenvalue weighted by atomic mass is 10.0. The second-order valence-electron chi connectivity index (χ2n) is 7.81. The molecule has 0 aliphatic carbocycles. The van der Waals surface area contributed by atoms with Crippen LogP contribution in [0.5, 0.6) is 0 Å². The first-order chi connectivity index (χ1) is 14.9. The monoisotopic (exact) mass is 436 g/mol. The molecule has 1 N–H and O–H groups in total. The fraction of sp³-hybridized carbons (Fsp3) is 0.333. The molecular formula is C24H28N4O2S. The highest BCUT2D eigenvalue weighted by molar-refractivity contribution is 7.99. The summed E-state index contributed by atoms with van der Waals surface area (Å²) in [7, 11) is 0. The molecular weight excluding hydrogens is 408 g/mol. The van der Waals surface area contributed by atoms with Crippen molar-refractivity contribution in [1.82, 2.24) is 20.1 Å². The van der Waals surface area contributed by atoms with E-state index in [9.17, 15) is 9.59 Å². The zero-order valence-corrected chi connectivity index (χ0v) is 19.0. The first-order valence-electron chi connectivity index (χ1n) is 10.4. The van der Waals surface area contributed by atoms with Crippen molar-refractivity contribution in [3.63, 3.8) is 0 Å². The van der Waals surface area contributed by atoms with Crippen molar-refractivity contribution in [2.45, 2.75) is 38.8 Å². The Morgan fingerprint density at radius 2 is 1.74 bits per heavy atom. The van der Waals surface area contributed by atoms with E-state index in [1.165, 1.54) is 24.2 Å². The third-order valence-electron chi connectivity index (χ3n) is 4.69. The number of aromatic nitrogens is 3. The number of rotatable bonds is 10. The van der Waals surface area contributed by atoms with E-state index in [4.69, 9.17) is 0 Å². The fourth-order valence-corrected chi connectivity index (χ4v) is 4.12. The normalized spacial score (nSPS) is 11.0. The van der Waals surface area contributed by atoms with Gasteiger partial charge < -0.3 is 5.32 Å². The molecule has 0 fully saturated rings. The number of amides is 1. The minimum absolute atomic E-state index is 0.0588. The first kappa shape index (κ1) is 22.7. The van der Waals surface area contributed by atoms with Gasteiger partial charge in [-0.2, -0.15) is 0 Å². The lowest BCUT2D eigenvalue weighted by Gasteiger charge is -2.10. The van der Waals surface area contributed by atoms with Gasteiger partial charge in [-0.15, -0.1) is 10.2 Å². The number of Topliss-reactive ketones (excluding diaryl/α,β-unsaturated/α-hetero) is 1. The Bertz CT molecular complexity index is 1010. The number of carbonyl (C=O) groups is 2. The van der Waals surface area contributed by atoms with E-state index in [1.807, 2.05) is 59.2 Å². The number of nitrogens with zero attached hydrogens (tertiary/aromatic N) is 3. The summed E-state index contributed by atoms with van der Waals surface area (Å²) in [4.78, 5) is 23.9. The Kier molecular flexibility index (Phi) is 8.00. The molecule has 162 valence electrons. The zero-order chi connectivity index (χ0) is 22.2. The highest BCUT2D eigenvalue weighted by atomic mass is 32.2. The molecule has 1 amide bonds. The molecule has 0 saturated heterocycles. The van der Waals surface area contributed by atoms with E-state index in [-0.39, 0.29) is 17.4 Å². The summed E-state index contributed by atoms with van der Waals surface area (Å²) in [6.45, 7) is 6.34. The smallest absolute Gasteiger partial charge is 0.216 e. The second kappa shape index (κ2) is 10.9. The summed E-state index contributed by atoms with van der Waals surface area (Å²) in [5.41, 5.74) is 2.88. The third kappa shape index (κ3) is 6.52. The summed E-state index contributed by atoms with van der Waals surface area (Å²) in [5, 5.41) is 12.1. The average molecular weight is 437 g/mol. The van der Waals surface area contributed by atoms with Crippen molar-refractivity contribution in [2.24, 2.45) is 5.92 Å². The molecule has 0 radical (unpaired) electrons. The van der Waals surface area contributed by atoms with E-state index in [0.717, 1.165) is 17.9 Å². The number of benzene rings is 2. The first-order valence-corrected chi connectivity index (χ1v) is 11.4. The molecule has 0 aliphatic heterocycles. The number of hydrogen-bond acceptors (Lipinski definition) is 5. The number of para-hydroxylation sites is 1. The van der Waals surface area contributed by atoms with Crippen molar-refractivity contribution in [2.75, 3.05) is 12.3 Å². The Labute approximate surface area is 187 Å². The lowest BCUT2D eigenvalue weighted by Crippen LogP contribution is -2.23. The minimum atomic E-state index is -0.0783. The van der Waals surface area contributed by atoms with Gasteiger partial charge in [-0.25, -0.2) is 0 Å². The van der Waals surface area contributed by atoms with Gasteiger partial charge in [-0.05, 0) is 30.0 Å². The van der Waals surface area contributed by atoms with Crippen LogP contribution in [-0.4, -0.2) is 38.8 Å². The van der Waals surface area contributed by atoms with Gasteiger partial charge in [0.05, 0.1) is 5.75 Å². The third-order valence-corrected chi connectivity index (χ3v) is 5.62. The predicted molar refractivity (Wildman–Crippen MR) is 124 cm³/mol.